The van der Waals surface area contributed by atoms with Gasteiger partial charge in [0.25, 0.3) is 0 Å². The minimum absolute atomic E-state index is 0.134. The number of piperidine rings is 1. The van der Waals surface area contributed by atoms with Crippen molar-refractivity contribution in [1.82, 2.24) is 14.8 Å². The van der Waals surface area contributed by atoms with Crippen LogP contribution in [-0.2, 0) is 11.3 Å². The molecule has 1 fully saturated rings. The van der Waals surface area contributed by atoms with E-state index in [4.69, 9.17) is 9.52 Å². The van der Waals surface area contributed by atoms with Crippen molar-refractivity contribution in [2.24, 2.45) is 0 Å². The van der Waals surface area contributed by atoms with Crippen molar-refractivity contribution >= 4 is 17.3 Å². The monoisotopic (exact) mass is 349 g/mol. The highest BCUT2D eigenvalue weighted by Gasteiger charge is 2.25. The van der Waals surface area contributed by atoms with Gasteiger partial charge in [0.1, 0.15) is 6.26 Å². The Hall–Kier alpha value is -1.70. The summed E-state index contributed by atoms with van der Waals surface area (Å²) in [5, 5.41) is 11.0. The van der Waals surface area contributed by atoms with E-state index in [1.807, 2.05) is 24.4 Å². The van der Waals surface area contributed by atoms with Crippen molar-refractivity contribution in [2.45, 2.75) is 32.4 Å². The average molecular weight is 349 g/mol. The Morgan fingerprint density at radius 2 is 2.29 bits per heavy atom. The number of aliphatic carboxylic acids is 1. The summed E-state index contributed by atoms with van der Waals surface area (Å²) in [5.41, 5.74) is 0.953. The molecule has 1 saturated heterocycles. The molecular formula is C17H23N3O3S. The number of aromatic nitrogens is 1. The largest absolute Gasteiger partial charge is 0.480 e. The zero-order valence-electron chi connectivity index (χ0n) is 13.9. The van der Waals surface area contributed by atoms with E-state index in [1.54, 1.807) is 17.6 Å². The van der Waals surface area contributed by atoms with Crippen molar-refractivity contribution in [1.29, 1.82) is 0 Å². The summed E-state index contributed by atoms with van der Waals surface area (Å²) in [5.74, 6) is -0.0588. The molecule has 0 aliphatic carbocycles. The molecule has 1 aliphatic heterocycles. The number of nitrogens with zero attached hydrogens (tertiary/aromatic N) is 3. The van der Waals surface area contributed by atoms with Gasteiger partial charge in [-0.25, -0.2) is 4.98 Å². The van der Waals surface area contributed by atoms with E-state index in [9.17, 15) is 4.79 Å². The van der Waals surface area contributed by atoms with E-state index >= 15 is 0 Å². The number of carboxylic acids is 1. The zero-order chi connectivity index (χ0) is 16.9. The molecule has 2 aromatic rings. The quantitative estimate of drug-likeness (QED) is 0.829. The van der Waals surface area contributed by atoms with Gasteiger partial charge in [-0.15, -0.1) is 11.3 Å². The second-order valence-corrected chi connectivity index (χ2v) is 7.03. The Morgan fingerprint density at radius 1 is 1.50 bits per heavy atom. The normalized spacial score (nSPS) is 16.8. The van der Waals surface area contributed by atoms with Crippen LogP contribution in [0.5, 0.6) is 0 Å². The average Bonchev–Trinajstić information content (AvgIpc) is 3.24. The van der Waals surface area contributed by atoms with Crippen molar-refractivity contribution in [3.63, 3.8) is 0 Å². The van der Waals surface area contributed by atoms with Gasteiger partial charge in [0, 0.05) is 25.7 Å². The van der Waals surface area contributed by atoms with Crippen molar-refractivity contribution < 1.29 is 14.3 Å². The van der Waals surface area contributed by atoms with Crippen LogP contribution in [0.4, 0.5) is 0 Å². The molecule has 24 heavy (non-hydrogen) atoms. The van der Waals surface area contributed by atoms with Gasteiger partial charge in [-0.1, -0.05) is 13.0 Å². The van der Waals surface area contributed by atoms with Crippen molar-refractivity contribution in [2.75, 3.05) is 26.2 Å². The maximum atomic E-state index is 10.9. The third-order valence-electron chi connectivity index (χ3n) is 4.49. The number of thiophene rings is 1. The molecule has 0 bridgehead atoms. The second kappa shape index (κ2) is 7.92. The molecule has 1 aliphatic rings. The summed E-state index contributed by atoms with van der Waals surface area (Å²) in [6, 6.07) is 4.36. The Morgan fingerprint density at radius 3 is 2.92 bits per heavy atom. The first-order valence-corrected chi connectivity index (χ1v) is 9.20. The lowest BCUT2D eigenvalue weighted by Crippen LogP contribution is -2.46. The summed E-state index contributed by atoms with van der Waals surface area (Å²) in [6.07, 6.45) is 3.73. The molecular weight excluding hydrogens is 326 g/mol. The predicted molar refractivity (Wildman–Crippen MR) is 93.0 cm³/mol. The molecule has 6 nitrogen and oxygen atoms in total. The van der Waals surface area contributed by atoms with Crippen LogP contribution in [0.25, 0.3) is 10.8 Å². The third kappa shape index (κ3) is 4.23. The highest BCUT2D eigenvalue weighted by Crippen LogP contribution is 2.24. The molecule has 0 spiro atoms. The smallest absolute Gasteiger partial charge is 0.317 e. The molecule has 0 aromatic carbocycles. The summed E-state index contributed by atoms with van der Waals surface area (Å²) in [7, 11) is 0. The fourth-order valence-electron chi connectivity index (χ4n) is 3.24. The van der Waals surface area contributed by atoms with Gasteiger partial charge in [0.05, 0.1) is 17.1 Å². The molecule has 3 heterocycles. The van der Waals surface area contributed by atoms with Crippen LogP contribution in [-0.4, -0.2) is 58.1 Å². The maximum Gasteiger partial charge on any atom is 0.317 e. The number of hydrogen-bond donors (Lipinski definition) is 1. The van der Waals surface area contributed by atoms with Crippen molar-refractivity contribution in [3.05, 3.63) is 29.5 Å². The lowest BCUT2D eigenvalue weighted by molar-refractivity contribution is -0.139. The highest BCUT2D eigenvalue weighted by atomic mass is 32.1. The first-order chi connectivity index (χ1) is 11.7. The van der Waals surface area contributed by atoms with Crippen LogP contribution in [0, 0.1) is 0 Å². The maximum absolute atomic E-state index is 10.9. The first kappa shape index (κ1) is 17.1. The number of oxazole rings is 1. The fourth-order valence-corrected chi connectivity index (χ4v) is 3.89. The van der Waals surface area contributed by atoms with E-state index < -0.39 is 5.97 Å². The molecule has 1 N–H and O–H groups in total. The Bertz CT molecular complexity index is 648. The van der Waals surface area contributed by atoms with E-state index in [0.717, 1.165) is 49.6 Å². The lowest BCUT2D eigenvalue weighted by Gasteiger charge is -2.37. The molecule has 0 amide bonds. The molecule has 130 valence electrons. The summed E-state index contributed by atoms with van der Waals surface area (Å²) < 4.78 is 5.57. The van der Waals surface area contributed by atoms with E-state index in [0.29, 0.717) is 11.9 Å². The Balaban J connectivity index is 1.51. The van der Waals surface area contributed by atoms with E-state index in [2.05, 4.69) is 14.8 Å². The van der Waals surface area contributed by atoms with Crippen molar-refractivity contribution in [3.8, 4) is 10.8 Å². The van der Waals surface area contributed by atoms with E-state index in [1.165, 1.54) is 0 Å². The predicted octanol–water partition coefficient (Wildman–Crippen LogP) is 2.77. The Labute approximate surface area is 145 Å². The summed E-state index contributed by atoms with van der Waals surface area (Å²) in [4.78, 5) is 21.0. The second-order valence-electron chi connectivity index (χ2n) is 6.09. The van der Waals surface area contributed by atoms with Gasteiger partial charge in [-0.2, -0.15) is 0 Å². The molecule has 0 unspecified atom stereocenters. The standard InChI is InChI=1S/C17H23N3O3S/c1-2-20(11-16(21)22)14-5-7-19(8-6-14)10-13-12-23-17(18-13)15-4-3-9-24-15/h3-4,9,12,14H,2,5-8,10-11H2,1H3,(H,21,22). The molecule has 7 heteroatoms. The first-order valence-electron chi connectivity index (χ1n) is 8.32. The molecule has 0 atom stereocenters. The van der Waals surface area contributed by atoms with Gasteiger partial charge in [-0.3, -0.25) is 14.6 Å². The minimum Gasteiger partial charge on any atom is -0.480 e. The van der Waals surface area contributed by atoms with Gasteiger partial charge in [0.15, 0.2) is 0 Å². The number of carboxylic acid groups (broad SMARTS) is 1. The third-order valence-corrected chi connectivity index (χ3v) is 5.35. The number of likely N-dealkylation sites (tertiary alicyclic amines) is 1. The molecule has 2 aromatic heterocycles. The summed E-state index contributed by atoms with van der Waals surface area (Å²) in [6.45, 7) is 5.65. The molecule has 3 rings (SSSR count). The van der Waals surface area contributed by atoms with Crippen LogP contribution in [0.3, 0.4) is 0 Å². The highest BCUT2D eigenvalue weighted by molar-refractivity contribution is 7.13. The van der Waals surface area contributed by atoms with Gasteiger partial charge < -0.3 is 9.52 Å². The lowest BCUT2D eigenvalue weighted by atomic mass is 10.0. The van der Waals surface area contributed by atoms with Gasteiger partial charge in [-0.05, 0) is 30.8 Å². The van der Waals surface area contributed by atoms with E-state index in [-0.39, 0.29) is 6.54 Å². The number of hydrogen-bond acceptors (Lipinski definition) is 6. The zero-order valence-corrected chi connectivity index (χ0v) is 14.7. The van der Waals surface area contributed by atoms with Crippen LogP contribution < -0.4 is 0 Å². The van der Waals surface area contributed by atoms with Crippen LogP contribution in [0.15, 0.2) is 28.2 Å². The van der Waals surface area contributed by atoms with Crippen LogP contribution in [0.2, 0.25) is 0 Å². The summed E-state index contributed by atoms with van der Waals surface area (Å²) >= 11 is 1.62. The SMILES string of the molecule is CCN(CC(=O)O)C1CCN(Cc2coc(-c3cccs3)n2)CC1. The Kier molecular flexibility index (Phi) is 5.65. The fraction of sp³-hybridized carbons (Fsp3) is 0.529. The number of carbonyl (C=O) groups is 1. The van der Waals surface area contributed by atoms with Gasteiger partial charge in [0.2, 0.25) is 5.89 Å². The topological polar surface area (TPSA) is 69.8 Å². The van der Waals surface area contributed by atoms with Crippen LogP contribution >= 0.6 is 11.3 Å². The van der Waals surface area contributed by atoms with Gasteiger partial charge >= 0.3 is 5.97 Å². The number of likely N-dealkylation sites (N-methyl/N-ethyl adjacent to an activating group) is 1. The minimum atomic E-state index is -0.747. The number of rotatable bonds is 7. The molecule has 0 radical (unpaired) electrons. The molecule has 0 saturated carbocycles. The van der Waals surface area contributed by atoms with Crippen LogP contribution in [0.1, 0.15) is 25.5 Å².